The molecule has 0 aliphatic rings. The van der Waals surface area contributed by atoms with Crippen molar-refractivity contribution in [3.05, 3.63) is 29.8 Å². The van der Waals surface area contributed by atoms with E-state index < -0.39 is 5.97 Å². The SMILES string of the molecule is COCCCCOc1cc(OC)ccc1/C=C/C(=O)O. The highest BCUT2D eigenvalue weighted by Gasteiger charge is 2.04. The van der Waals surface area contributed by atoms with Gasteiger partial charge in [-0.25, -0.2) is 4.79 Å². The predicted octanol–water partition coefficient (Wildman–Crippen LogP) is 2.60. The molecule has 5 nitrogen and oxygen atoms in total. The van der Waals surface area contributed by atoms with E-state index in [4.69, 9.17) is 19.3 Å². The Hall–Kier alpha value is -2.01. The Kier molecular flexibility index (Phi) is 7.21. The Morgan fingerprint density at radius 3 is 2.65 bits per heavy atom. The van der Waals surface area contributed by atoms with Gasteiger partial charge in [0.05, 0.1) is 13.7 Å². The lowest BCUT2D eigenvalue weighted by molar-refractivity contribution is -0.131. The van der Waals surface area contributed by atoms with E-state index in [0.717, 1.165) is 18.9 Å². The standard InChI is InChI=1S/C15H20O5/c1-18-9-3-4-10-20-14-11-13(19-2)7-5-12(14)6-8-15(16)17/h5-8,11H,3-4,9-10H2,1-2H3,(H,16,17)/b8-6+. The number of carboxylic acids is 1. The van der Waals surface area contributed by atoms with Crippen LogP contribution in [0.2, 0.25) is 0 Å². The molecule has 0 amide bonds. The fraction of sp³-hybridized carbons (Fsp3) is 0.400. The first-order chi connectivity index (χ1) is 9.67. The molecule has 0 saturated carbocycles. The molecule has 0 aliphatic heterocycles. The van der Waals surface area contributed by atoms with Crippen molar-refractivity contribution in [3.63, 3.8) is 0 Å². The van der Waals surface area contributed by atoms with Gasteiger partial charge in [-0.05, 0) is 31.1 Å². The van der Waals surface area contributed by atoms with E-state index in [1.807, 2.05) is 0 Å². The quantitative estimate of drug-likeness (QED) is 0.556. The Morgan fingerprint density at radius 1 is 1.25 bits per heavy atom. The molecular formula is C15H20O5. The second-order valence-corrected chi connectivity index (χ2v) is 4.12. The third kappa shape index (κ3) is 5.75. The number of methoxy groups -OCH3 is 2. The van der Waals surface area contributed by atoms with E-state index in [1.54, 1.807) is 32.4 Å². The third-order valence-electron chi connectivity index (χ3n) is 2.63. The first-order valence-electron chi connectivity index (χ1n) is 6.38. The molecule has 0 heterocycles. The number of hydrogen-bond donors (Lipinski definition) is 1. The van der Waals surface area contributed by atoms with Crippen LogP contribution in [0.25, 0.3) is 6.08 Å². The molecule has 1 aromatic rings. The molecule has 110 valence electrons. The molecule has 1 N–H and O–H groups in total. The molecule has 20 heavy (non-hydrogen) atoms. The summed E-state index contributed by atoms with van der Waals surface area (Å²) >= 11 is 0. The Labute approximate surface area is 118 Å². The summed E-state index contributed by atoms with van der Waals surface area (Å²) in [6, 6.07) is 5.28. The Morgan fingerprint density at radius 2 is 2.00 bits per heavy atom. The van der Waals surface area contributed by atoms with Crippen LogP contribution >= 0.6 is 0 Å². The van der Waals surface area contributed by atoms with Crippen LogP contribution in [0, 0.1) is 0 Å². The highest BCUT2D eigenvalue weighted by atomic mass is 16.5. The summed E-state index contributed by atoms with van der Waals surface area (Å²) in [6.45, 7) is 1.25. The van der Waals surface area contributed by atoms with Crippen LogP contribution in [-0.4, -0.2) is 38.5 Å². The van der Waals surface area contributed by atoms with Gasteiger partial charge < -0.3 is 19.3 Å². The summed E-state index contributed by atoms with van der Waals surface area (Å²) in [4.78, 5) is 10.6. The van der Waals surface area contributed by atoms with Gasteiger partial charge in [0.2, 0.25) is 0 Å². The summed E-state index contributed by atoms with van der Waals surface area (Å²) < 4.78 is 15.8. The van der Waals surface area contributed by atoms with Crippen molar-refractivity contribution in [2.45, 2.75) is 12.8 Å². The van der Waals surface area contributed by atoms with Gasteiger partial charge in [-0.2, -0.15) is 0 Å². The minimum absolute atomic E-state index is 0.546. The Bertz CT molecular complexity index is 454. The highest BCUT2D eigenvalue weighted by Crippen LogP contribution is 2.26. The van der Waals surface area contributed by atoms with Crippen LogP contribution in [-0.2, 0) is 9.53 Å². The number of aliphatic carboxylic acids is 1. The van der Waals surface area contributed by atoms with Crippen LogP contribution in [0.4, 0.5) is 0 Å². The molecule has 0 fully saturated rings. The van der Waals surface area contributed by atoms with Crippen molar-refractivity contribution in [1.82, 2.24) is 0 Å². The maximum Gasteiger partial charge on any atom is 0.328 e. The topological polar surface area (TPSA) is 65.0 Å². The molecule has 0 radical (unpaired) electrons. The van der Waals surface area contributed by atoms with Gasteiger partial charge in [-0.3, -0.25) is 0 Å². The second-order valence-electron chi connectivity index (χ2n) is 4.12. The third-order valence-corrected chi connectivity index (χ3v) is 2.63. The number of carboxylic acid groups (broad SMARTS) is 1. The lowest BCUT2D eigenvalue weighted by atomic mass is 10.1. The average molecular weight is 280 g/mol. The molecule has 0 unspecified atom stereocenters. The molecule has 1 rings (SSSR count). The smallest absolute Gasteiger partial charge is 0.328 e. The zero-order valence-corrected chi connectivity index (χ0v) is 11.8. The molecule has 0 spiro atoms. The summed E-state index contributed by atoms with van der Waals surface area (Å²) in [7, 11) is 3.24. The maximum absolute atomic E-state index is 10.6. The lowest BCUT2D eigenvalue weighted by Crippen LogP contribution is -2.01. The number of rotatable bonds is 9. The van der Waals surface area contributed by atoms with E-state index in [0.29, 0.717) is 30.3 Å². The predicted molar refractivity (Wildman–Crippen MR) is 76.3 cm³/mol. The number of hydrogen-bond acceptors (Lipinski definition) is 4. The van der Waals surface area contributed by atoms with Crippen LogP contribution < -0.4 is 9.47 Å². The molecule has 0 saturated heterocycles. The molecule has 0 aliphatic carbocycles. The average Bonchev–Trinajstić information content (AvgIpc) is 2.45. The highest BCUT2D eigenvalue weighted by molar-refractivity contribution is 5.86. The fourth-order valence-corrected chi connectivity index (χ4v) is 1.60. The molecule has 5 heteroatoms. The van der Waals surface area contributed by atoms with Crippen molar-refractivity contribution in [3.8, 4) is 11.5 Å². The molecule has 1 aromatic carbocycles. The number of carbonyl (C=O) groups is 1. The molecule has 0 aromatic heterocycles. The first kappa shape index (κ1) is 16.0. The first-order valence-corrected chi connectivity index (χ1v) is 6.38. The monoisotopic (exact) mass is 280 g/mol. The van der Waals surface area contributed by atoms with Crippen LogP contribution in [0.15, 0.2) is 24.3 Å². The van der Waals surface area contributed by atoms with Gasteiger partial charge in [0.15, 0.2) is 0 Å². The maximum atomic E-state index is 10.6. The van der Waals surface area contributed by atoms with Crippen LogP contribution in [0.5, 0.6) is 11.5 Å². The number of ether oxygens (including phenoxy) is 3. The number of benzene rings is 1. The van der Waals surface area contributed by atoms with Crippen molar-refractivity contribution < 1.29 is 24.1 Å². The van der Waals surface area contributed by atoms with Crippen LogP contribution in [0.3, 0.4) is 0 Å². The summed E-state index contributed by atoms with van der Waals surface area (Å²) in [5.41, 5.74) is 0.708. The van der Waals surface area contributed by atoms with Gasteiger partial charge in [0.1, 0.15) is 11.5 Å². The van der Waals surface area contributed by atoms with Gasteiger partial charge >= 0.3 is 5.97 Å². The van der Waals surface area contributed by atoms with Crippen molar-refractivity contribution in [2.75, 3.05) is 27.4 Å². The zero-order chi connectivity index (χ0) is 14.8. The molecular weight excluding hydrogens is 260 g/mol. The van der Waals surface area contributed by atoms with Crippen molar-refractivity contribution in [1.29, 1.82) is 0 Å². The van der Waals surface area contributed by atoms with Crippen molar-refractivity contribution in [2.24, 2.45) is 0 Å². The van der Waals surface area contributed by atoms with E-state index in [2.05, 4.69) is 0 Å². The van der Waals surface area contributed by atoms with Gasteiger partial charge in [-0.15, -0.1) is 0 Å². The normalized spacial score (nSPS) is 10.7. The summed E-state index contributed by atoms with van der Waals surface area (Å²) in [5.74, 6) is 0.287. The fourth-order valence-electron chi connectivity index (χ4n) is 1.60. The van der Waals surface area contributed by atoms with Crippen molar-refractivity contribution >= 4 is 12.0 Å². The van der Waals surface area contributed by atoms with Gasteiger partial charge in [-0.1, -0.05) is 0 Å². The molecule has 0 atom stereocenters. The van der Waals surface area contributed by atoms with E-state index in [9.17, 15) is 4.79 Å². The zero-order valence-electron chi connectivity index (χ0n) is 11.8. The van der Waals surface area contributed by atoms with Crippen LogP contribution in [0.1, 0.15) is 18.4 Å². The van der Waals surface area contributed by atoms with E-state index in [1.165, 1.54) is 6.08 Å². The van der Waals surface area contributed by atoms with Gasteiger partial charge in [0, 0.05) is 31.4 Å². The van der Waals surface area contributed by atoms with E-state index >= 15 is 0 Å². The second kappa shape index (κ2) is 8.98. The summed E-state index contributed by atoms with van der Waals surface area (Å²) in [6.07, 6.45) is 4.37. The van der Waals surface area contributed by atoms with Gasteiger partial charge in [0.25, 0.3) is 0 Å². The van der Waals surface area contributed by atoms with E-state index in [-0.39, 0.29) is 0 Å². The lowest BCUT2D eigenvalue weighted by Gasteiger charge is -2.11. The number of unbranched alkanes of at least 4 members (excludes halogenated alkanes) is 1. The largest absolute Gasteiger partial charge is 0.497 e. The minimum Gasteiger partial charge on any atom is -0.497 e. The molecule has 0 bridgehead atoms. The minimum atomic E-state index is -0.994. The Balaban J connectivity index is 2.70. The summed E-state index contributed by atoms with van der Waals surface area (Å²) in [5, 5.41) is 8.67.